The Morgan fingerprint density at radius 3 is 2.25 bits per heavy atom. The number of likely N-dealkylation sites (N-methyl/N-ethyl adjacent to an activating group) is 2. The highest BCUT2D eigenvalue weighted by molar-refractivity contribution is 4.94. The van der Waals surface area contributed by atoms with E-state index in [1.54, 1.807) is 0 Å². The molecule has 2 nitrogen and oxygen atoms in total. The third kappa shape index (κ3) is 1.80. The largest absolute Gasteiger partial charge is 0.305 e. The van der Waals surface area contributed by atoms with Crippen molar-refractivity contribution in [3.05, 3.63) is 0 Å². The lowest BCUT2D eigenvalue weighted by molar-refractivity contribution is -0.0184. The van der Waals surface area contributed by atoms with Crippen molar-refractivity contribution in [1.29, 1.82) is 0 Å². The molecule has 72 valence electrons. The van der Waals surface area contributed by atoms with Gasteiger partial charge in [-0.2, -0.15) is 0 Å². The van der Waals surface area contributed by atoms with E-state index in [1.807, 2.05) is 13.8 Å². The van der Waals surface area contributed by atoms with Crippen LogP contribution in [-0.4, -0.2) is 49.6 Å². The summed E-state index contributed by atoms with van der Waals surface area (Å²) in [4.78, 5) is 4.91. The van der Waals surface area contributed by atoms with E-state index in [0.717, 1.165) is 12.0 Å². The first kappa shape index (κ1) is 10.0. The van der Waals surface area contributed by atoms with Crippen LogP contribution in [0.3, 0.4) is 0 Å². The molecule has 2 rings (SSSR count). The van der Waals surface area contributed by atoms with Gasteiger partial charge in [0.1, 0.15) is 0 Å². The summed E-state index contributed by atoms with van der Waals surface area (Å²) >= 11 is 0. The van der Waals surface area contributed by atoms with Crippen molar-refractivity contribution < 1.29 is 0 Å². The molecule has 0 bridgehead atoms. The zero-order valence-corrected chi connectivity index (χ0v) is 8.88. The van der Waals surface area contributed by atoms with Crippen LogP contribution in [-0.2, 0) is 0 Å². The number of hydrogen-bond acceptors (Lipinski definition) is 2. The third-order valence-corrected chi connectivity index (χ3v) is 3.01. The zero-order valence-electron chi connectivity index (χ0n) is 8.88. The molecule has 0 aliphatic carbocycles. The highest BCUT2D eigenvalue weighted by atomic mass is 15.3. The maximum atomic E-state index is 2.47. The minimum Gasteiger partial charge on any atom is -0.305 e. The average Bonchev–Trinajstić information content (AvgIpc) is 2.11. The van der Waals surface area contributed by atoms with Crippen molar-refractivity contribution in [2.45, 2.75) is 26.3 Å². The summed E-state index contributed by atoms with van der Waals surface area (Å²) in [6.45, 7) is 7.95. The summed E-state index contributed by atoms with van der Waals surface area (Å²) in [5, 5.41) is 0. The van der Waals surface area contributed by atoms with Gasteiger partial charge in [-0.15, -0.1) is 0 Å². The summed E-state index contributed by atoms with van der Waals surface area (Å²) in [6.07, 6.45) is 1.42. The molecular weight excluding hydrogens is 148 g/mol. The van der Waals surface area contributed by atoms with Crippen molar-refractivity contribution in [1.82, 2.24) is 9.80 Å². The second kappa shape index (κ2) is 4.24. The molecule has 12 heavy (non-hydrogen) atoms. The minimum atomic E-state index is 0.888. The summed E-state index contributed by atoms with van der Waals surface area (Å²) in [5.74, 6) is 1.03. The molecule has 0 aromatic carbocycles. The highest BCUT2D eigenvalue weighted by Crippen LogP contribution is 2.29. The van der Waals surface area contributed by atoms with Gasteiger partial charge in [0, 0.05) is 19.1 Å². The van der Waals surface area contributed by atoms with Crippen LogP contribution in [0.1, 0.15) is 20.3 Å². The molecule has 0 radical (unpaired) electrons. The van der Waals surface area contributed by atoms with Gasteiger partial charge in [-0.25, -0.2) is 0 Å². The number of hydrogen-bond donors (Lipinski definition) is 0. The fourth-order valence-electron chi connectivity index (χ4n) is 2.22. The molecule has 0 aromatic heterocycles. The number of fused-ring (bicyclic) bond motifs is 1. The minimum absolute atomic E-state index is 0.888. The lowest BCUT2D eigenvalue weighted by Gasteiger charge is -2.51. The van der Waals surface area contributed by atoms with E-state index in [2.05, 4.69) is 23.9 Å². The van der Waals surface area contributed by atoms with E-state index in [9.17, 15) is 0 Å². The van der Waals surface area contributed by atoms with E-state index in [-0.39, 0.29) is 0 Å². The van der Waals surface area contributed by atoms with Crippen LogP contribution in [0.4, 0.5) is 0 Å². The summed E-state index contributed by atoms with van der Waals surface area (Å²) in [7, 11) is 4.46. The topological polar surface area (TPSA) is 6.48 Å². The second-order valence-electron chi connectivity index (χ2n) is 3.82. The number of rotatable bonds is 0. The molecule has 1 unspecified atom stereocenters. The lowest BCUT2D eigenvalue weighted by Crippen LogP contribution is -2.61. The van der Waals surface area contributed by atoms with Crippen LogP contribution in [0.2, 0.25) is 0 Å². The van der Waals surface area contributed by atoms with Gasteiger partial charge in [0.15, 0.2) is 0 Å². The Morgan fingerprint density at radius 1 is 1.08 bits per heavy atom. The molecule has 0 aromatic rings. The maximum Gasteiger partial charge on any atom is 0.0261 e. The zero-order chi connectivity index (χ0) is 9.14. The monoisotopic (exact) mass is 170 g/mol. The quantitative estimate of drug-likeness (QED) is 0.540. The summed E-state index contributed by atoms with van der Waals surface area (Å²) in [5.41, 5.74) is 0. The summed E-state index contributed by atoms with van der Waals surface area (Å²) in [6, 6.07) is 0.888. The van der Waals surface area contributed by atoms with Crippen LogP contribution in [0.25, 0.3) is 0 Å². The molecule has 2 heterocycles. The molecule has 2 aliphatic rings. The molecule has 0 N–H and O–H groups in total. The van der Waals surface area contributed by atoms with Gasteiger partial charge < -0.3 is 9.80 Å². The van der Waals surface area contributed by atoms with E-state index < -0.39 is 0 Å². The normalized spacial score (nSPS) is 36.0. The van der Waals surface area contributed by atoms with Crippen molar-refractivity contribution in [2.24, 2.45) is 5.92 Å². The molecule has 0 saturated carbocycles. The Morgan fingerprint density at radius 2 is 1.75 bits per heavy atom. The first-order chi connectivity index (χ1) is 5.77. The number of piperidine rings is 1. The van der Waals surface area contributed by atoms with Crippen molar-refractivity contribution >= 4 is 0 Å². The molecular formula is C10H22N2. The molecule has 2 heteroatoms. The smallest absolute Gasteiger partial charge is 0.0261 e. The van der Waals surface area contributed by atoms with Crippen LogP contribution in [0.15, 0.2) is 0 Å². The van der Waals surface area contributed by atoms with Crippen molar-refractivity contribution in [3.63, 3.8) is 0 Å². The summed E-state index contributed by atoms with van der Waals surface area (Å²) < 4.78 is 0. The molecule has 2 atom stereocenters. The van der Waals surface area contributed by atoms with E-state index >= 15 is 0 Å². The third-order valence-electron chi connectivity index (χ3n) is 3.01. The Labute approximate surface area is 76.5 Å². The van der Waals surface area contributed by atoms with Gasteiger partial charge >= 0.3 is 0 Å². The standard InChI is InChI=1S/C8H16N2.C2H6/c1-9-4-3-7-5-10(2)8(7)6-9;1-2/h7-8H,3-6H2,1-2H3;1-2H3/t7?,8-;/m1./s1. The highest BCUT2D eigenvalue weighted by Gasteiger charge is 2.38. The van der Waals surface area contributed by atoms with E-state index in [1.165, 1.54) is 26.1 Å². The molecule has 2 saturated heterocycles. The second-order valence-corrected chi connectivity index (χ2v) is 3.82. The molecule has 0 amide bonds. The van der Waals surface area contributed by atoms with Crippen LogP contribution >= 0.6 is 0 Å². The SMILES string of the molecule is CC.CN1CCC2CN(C)[C@@H]2C1. The van der Waals surface area contributed by atoms with Crippen molar-refractivity contribution in [2.75, 3.05) is 33.7 Å². The predicted octanol–water partition coefficient (Wildman–Crippen LogP) is 1.28. The Balaban J connectivity index is 0.000000336. The Kier molecular flexibility index (Phi) is 3.53. The average molecular weight is 170 g/mol. The van der Waals surface area contributed by atoms with Crippen LogP contribution in [0.5, 0.6) is 0 Å². The van der Waals surface area contributed by atoms with E-state index in [0.29, 0.717) is 0 Å². The Bertz CT molecular complexity index is 134. The van der Waals surface area contributed by atoms with Gasteiger partial charge in [-0.1, -0.05) is 13.8 Å². The first-order valence-electron chi connectivity index (χ1n) is 5.16. The predicted molar refractivity (Wildman–Crippen MR) is 53.4 cm³/mol. The number of likely N-dealkylation sites (tertiary alicyclic amines) is 2. The lowest BCUT2D eigenvalue weighted by atomic mass is 9.83. The fourth-order valence-corrected chi connectivity index (χ4v) is 2.22. The van der Waals surface area contributed by atoms with Gasteiger partial charge in [0.25, 0.3) is 0 Å². The van der Waals surface area contributed by atoms with Crippen LogP contribution < -0.4 is 0 Å². The number of nitrogens with zero attached hydrogens (tertiary/aromatic N) is 2. The van der Waals surface area contributed by atoms with Gasteiger partial charge in [-0.05, 0) is 33.0 Å². The van der Waals surface area contributed by atoms with Gasteiger partial charge in [0.05, 0.1) is 0 Å². The van der Waals surface area contributed by atoms with E-state index in [4.69, 9.17) is 0 Å². The molecule has 0 spiro atoms. The van der Waals surface area contributed by atoms with Crippen LogP contribution in [0, 0.1) is 5.92 Å². The van der Waals surface area contributed by atoms with Crippen molar-refractivity contribution in [3.8, 4) is 0 Å². The fraction of sp³-hybridized carbons (Fsp3) is 1.00. The van der Waals surface area contributed by atoms with Gasteiger partial charge in [0.2, 0.25) is 0 Å². The molecule has 2 aliphatic heterocycles. The van der Waals surface area contributed by atoms with Gasteiger partial charge in [-0.3, -0.25) is 0 Å². The maximum absolute atomic E-state index is 2.47. The Hall–Kier alpha value is -0.0800. The first-order valence-corrected chi connectivity index (χ1v) is 5.16. The molecule has 2 fully saturated rings.